The molecular weight excluding hydrogens is 322 g/mol. The van der Waals surface area contributed by atoms with Gasteiger partial charge in [0.05, 0.1) is 36.6 Å². The Balaban J connectivity index is 2.53. The van der Waals surface area contributed by atoms with Crippen LogP contribution in [0.15, 0.2) is 28.9 Å². The number of aryl methyl sites for hydroxylation is 1. The molecule has 2 rings (SSSR count). The predicted molar refractivity (Wildman–Crippen MR) is 81.2 cm³/mol. The third kappa shape index (κ3) is 2.53. The normalized spacial score (nSPS) is 12.2. The van der Waals surface area contributed by atoms with Crippen LogP contribution >= 0.6 is 15.9 Å². The highest BCUT2D eigenvalue weighted by atomic mass is 79.9. The van der Waals surface area contributed by atoms with Crippen LogP contribution < -0.4 is 15.2 Å². The Morgan fingerprint density at radius 1 is 1.35 bits per heavy atom. The average Bonchev–Trinajstić information content (AvgIpc) is 2.86. The fraction of sp³-hybridized carbons (Fsp3) is 0.357. The van der Waals surface area contributed by atoms with E-state index < -0.39 is 0 Å². The van der Waals surface area contributed by atoms with Crippen LogP contribution in [-0.4, -0.2) is 24.0 Å². The topological polar surface area (TPSA) is 62.3 Å². The van der Waals surface area contributed by atoms with E-state index in [2.05, 4.69) is 21.0 Å². The van der Waals surface area contributed by atoms with Crippen LogP contribution in [0.3, 0.4) is 0 Å². The lowest BCUT2D eigenvalue weighted by Crippen LogP contribution is -2.18. The monoisotopic (exact) mass is 339 g/mol. The molecule has 1 aromatic carbocycles. The zero-order valence-corrected chi connectivity index (χ0v) is 13.3. The van der Waals surface area contributed by atoms with Gasteiger partial charge < -0.3 is 15.2 Å². The summed E-state index contributed by atoms with van der Waals surface area (Å²) in [6.45, 7) is 2.78. The summed E-state index contributed by atoms with van der Waals surface area (Å²) in [6.07, 6.45) is 1.76. The number of methoxy groups -OCH3 is 2. The van der Waals surface area contributed by atoms with Crippen molar-refractivity contribution in [2.75, 3.05) is 14.2 Å². The Hall–Kier alpha value is -1.53. The van der Waals surface area contributed by atoms with Crippen molar-refractivity contribution in [3.05, 3.63) is 40.1 Å². The van der Waals surface area contributed by atoms with Crippen molar-refractivity contribution < 1.29 is 9.47 Å². The second-order valence-corrected chi connectivity index (χ2v) is 5.11. The first-order valence-electron chi connectivity index (χ1n) is 6.31. The van der Waals surface area contributed by atoms with Gasteiger partial charge in [-0.25, -0.2) is 0 Å². The van der Waals surface area contributed by atoms with Gasteiger partial charge in [0.15, 0.2) is 11.5 Å². The molecule has 0 spiro atoms. The van der Waals surface area contributed by atoms with E-state index in [0.717, 1.165) is 22.3 Å². The lowest BCUT2D eigenvalue weighted by atomic mass is 10.0. The highest BCUT2D eigenvalue weighted by Crippen LogP contribution is 2.37. The van der Waals surface area contributed by atoms with E-state index in [-0.39, 0.29) is 6.04 Å². The predicted octanol–water partition coefficient (Wildman–Crippen LogP) is 2.73. The number of nitrogens with zero attached hydrogens (tertiary/aromatic N) is 2. The lowest BCUT2D eigenvalue weighted by Gasteiger charge is -2.19. The third-order valence-electron chi connectivity index (χ3n) is 3.20. The number of halogens is 1. The van der Waals surface area contributed by atoms with Crippen LogP contribution in [-0.2, 0) is 6.54 Å². The van der Waals surface area contributed by atoms with Crippen LogP contribution in [0.25, 0.3) is 0 Å². The van der Waals surface area contributed by atoms with E-state index in [4.69, 9.17) is 15.2 Å². The standard InChI is InChI=1S/C14H18BrN3O2/c1-4-18-13(10(15)8-17-18)12(16)9-6-5-7-11(19-2)14(9)20-3/h5-8,12H,4,16H2,1-3H3. The van der Waals surface area contributed by atoms with Gasteiger partial charge >= 0.3 is 0 Å². The summed E-state index contributed by atoms with van der Waals surface area (Å²) in [5.41, 5.74) is 8.19. The highest BCUT2D eigenvalue weighted by molar-refractivity contribution is 9.10. The first-order chi connectivity index (χ1) is 9.63. The summed E-state index contributed by atoms with van der Waals surface area (Å²) in [4.78, 5) is 0. The molecule has 0 aliphatic rings. The lowest BCUT2D eigenvalue weighted by molar-refractivity contribution is 0.350. The molecule has 2 aromatic rings. The van der Waals surface area contributed by atoms with Gasteiger partial charge in [-0.1, -0.05) is 12.1 Å². The van der Waals surface area contributed by atoms with Gasteiger partial charge in [0.2, 0.25) is 0 Å². The SMILES string of the molecule is CCn1ncc(Br)c1C(N)c1cccc(OC)c1OC. The molecule has 0 saturated carbocycles. The first-order valence-corrected chi connectivity index (χ1v) is 7.11. The van der Waals surface area contributed by atoms with Crippen molar-refractivity contribution in [1.82, 2.24) is 9.78 Å². The molecule has 1 aromatic heterocycles. The molecule has 2 N–H and O–H groups in total. The Bertz CT molecular complexity index is 598. The van der Waals surface area contributed by atoms with Crippen molar-refractivity contribution in [3.8, 4) is 11.5 Å². The van der Waals surface area contributed by atoms with Crippen LogP contribution in [0.5, 0.6) is 11.5 Å². The van der Waals surface area contributed by atoms with Crippen LogP contribution in [0.2, 0.25) is 0 Å². The number of ether oxygens (including phenoxy) is 2. The molecule has 0 radical (unpaired) electrons. The molecule has 0 amide bonds. The summed E-state index contributed by atoms with van der Waals surface area (Å²) in [5, 5.41) is 4.30. The van der Waals surface area contributed by atoms with Gasteiger partial charge in [0.25, 0.3) is 0 Å². The van der Waals surface area contributed by atoms with Crippen molar-refractivity contribution in [2.45, 2.75) is 19.5 Å². The summed E-state index contributed by atoms with van der Waals surface area (Å²) in [7, 11) is 3.22. The minimum atomic E-state index is -0.350. The molecule has 0 aliphatic carbocycles. The van der Waals surface area contributed by atoms with E-state index >= 15 is 0 Å². The number of nitrogens with two attached hydrogens (primary N) is 1. The highest BCUT2D eigenvalue weighted by Gasteiger charge is 2.22. The molecule has 0 saturated heterocycles. The third-order valence-corrected chi connectivity index (χ3v) is 3.81. The van der Waals surface area contributed by atoms with Gasteiger partial charge in [-0.2, -0.15) is 5.10 Å². The maximum atomic E-state index is 6.41. The summed E-state index contributed by atoms with van der Waals surface area (Å²) in [5.74, 6) is 1.32. The minimum absolute atomic E-state index is 0.350. The molecule has 1 atom stereocenters. The van der Waals surface area contributed by atoms with Crippen molar-refractivity contribution in [3.63, 3.8) is 0 Å². The van der Waals surface area contributed by atoms with E-state index in [0.29, 0.717) is 11.5 Å². The van der Waals surface area contributed by atoms with Crippen molar-refractivity contribution in [2.24, 2.45) is 5.73 Å². The van der Waals surface area contributed by atoms with Gasteiger partial charge in [0, 0.05) is 12.1 Å². The molecule has 0 bridgehead atoms. The van der Waals surface area contributed by atoms with E-state index in [1.165, 1.54) is 0 Å². The van der Waals surface area contributed by atoms with E-state index in [1.807, 2.05) is 29.8 Å². The Labute approximate surface area is 126 Å². The maximum absolute atomic E-state index is 6.41. The first kappa shape index (κ1) is 14.9. The summed E-state index contributed by atoms with van der Waals surface area (Å²) in [6, 6.07) is 5.33. The van der Waals surface area contributed by atoms with Gasteiger partial charge in [-0.15, -0.1) is 0 Å². The van der Waals surface area contributed by atoms with Gasteiger partial charge in [-0.3, -0.25) is 4.68 Å². The fourth-order valence-electron chi connectivity index (χ4n) is 2.24. The molecule has 6 heteroatoms. The average molecular weight is 340 g/mol. The molecule has 108 valence electrons. The quantitative estimate of drug-likeness (QED) is 0.909. The zero-order chi connectivity index (χ0) is 14.7. The van der Waals surface area contributed by atoms with Crippen LogP contribution in [0.4, 0.5) is 0 Å². The number of aromatic nitrogens is 2. The number of hydrogen-bond donors (Lipinski definition) is 1. The largest absolute Gasteiger partial charge is 0.493 e. The van der Waals surface area contributed by atoms with E-state index in [9.17, 15) is 0 Å². The molecule has 5 nitrogen and oxygen atoms in total. The molecule has 1 unspecified atom stereocenters. The van der Waals surface area contributed by atoms with Crippen LogP contribution in [0.1, 0.15) is 24.2 Å². The number of para-hydroxylation sites is 1. The van der Waals surface area contributed by atoms with Crippen molar-refractivity contribution >= 4 is 15.9 Å². The minimum Gasteiger partial charge on any atom is -0.493 e. The molecule has 1 heterocycles. The smallest absolute Gasteiger partial charge is 0.165 e. The Kier molecular flexibility index (Phi) is 4.67. The summed E-state index contributed by atoms with van der Waals surface area (Å²) >= 11 is 3.50. The Morgan fingerprint density at radius 3 is 2.70 bits per heavy atom. The van der Waals surface area contributed by atoms with Crippen LogP contribution in [0, 0.1) is 0 Å². The molecule has 0 fully saturated rings. The molecule has 0 aliphatic heterocycles. The molecular formula is C14H18BrN3O2. The molecule has 20 heavy (non-hydrogen) atoms. The van der Waals surface area contributed by atoms with Crippen molar-refractivity contribution in [1.29, 1.82) is 0 Å². The second kappa shape index (κ2) is 6.28. The van der Waals surface area contributed by atoms with Gasteiger partial charge in [0.1, 0.15) is 0 Å². The number of rotatable bonds is 5. The number of benzene rings is 1. The van der Waals surface area contributed by atoms with E-state index in [1.54, 1.807) is 20.4 Å². The fourth-order valence-corrected chi connectivity index (χ4v) is 2.78. The van der Waals surface area contributed by atoms with Gasteiger partial charge in [-0.05, 0) is 28.9 Å². The summed E-state index contributed by atoms with van der Waals surface area (Å²) < 4.78 is 13.5. The second-order valence-electron chi connectivity index (χ2n) is 4.25. The zero-order valence-electron chi connectivity index (χ0n) is 11.8. The Morgan fingerprint density at radius 2 is 2.10 bits per heavy atom. The maximum Gasteiger partial charge on any atom is 0.165 e. The number of hydrogen-bond acceptors (Lipinski definition) is 4.